The molecule has 2 heterocycles. The van der Waals surface area contributed by atoms with Crippen molar-refractivity contribution in [2.45, 2.75) is 6.54 Å². The zero-order valence-corrected chi connectivity index (χ0v) is 15.4. The Hall–Kier alpha value is -3.71. The number of nitrogens with one attached hydrogen (secondary N) is 2. The zero-order chi connectivity index (χ0) is 20.8. The van der Waals surface area contributed by atoms with Gasteiger partial charge in [-0.25, -0.2) is 19.0 Å². The van der Waals surface area contributed by atoms with E-state index in [0.29, 0.717) is 49.7 Å². The van der Waals surface area contributed by atoms with Crippen LogP contribution in [0.3, 0.4) is 0 Å². The zero-order valence-electron chi connectivity index (χ0n) is 15.4. The van der Waals surface area contributed by atoms with Gasteiger partial charge in [0.25, 0.3) is 0 Å². The molecule has 0 spiro atoms. The van der Waals surface area contributed by atoms with Gasteiger partial charge in [0.1, 0.15) is 17.6 Å². The van der Waals surface area contributed by atoms with Crippen LogP contribution in [-0.4, -0.2) is 58.2 Å². The van der Waals surface area contributed by atoms with Gasteiger partial charge in [0, 0.05) is 38.4 Å². The molecule has 0 unspecified atom stereocenters. The first-order valence-corrected chi connectivity index (χ1v) is 8.87. The molecule has 1 saturated heterocycles. The van der Waals surface area contributed by atoms with Crippen LogP contribution in [0.25, 0.3) is 0 Å². The molecular formula is C19H19FN6O3. The van der Waals surface area contributed by atoms with Crippen LogP contribution in [0.4, 0.5) is 25.4 Å². The van der Waals surface area contributed by atoms with Crippen LogP contribution in [0.2, 0.25) is 0 Å². The number of carboxylic acid groups (broad SMARTS) is 1. The van der Waals surface area contributed by atoms with E-state index in [-0.39, 0.29) is 5.69 Å². The fourth-order valence-corrected chi connectivity index (χ4v) is 3.00. The molecule has 9 nitrogen and oxygen atoms in total. The third-order valence-corrected chi connectivity index (χ3v) is 4.40. The monoisotopic (exact) mass is 398 g/mol. The van der Waals surface area contributed by atoms with Crippen molar-refractivity contribution in [3.05, 3.63) is 53.6 Å². The smallest absolute Gasteiger partial charge is 0.407 e. The summed E-state index contributed by atoms with van der Waals surface area (Å²) in [5.74, 6) is -0.484. The van der Waals surface area contributed by atoms with Crippen molar-refractivity contribution in [2.75, 3.05) is 36.8 Å². The molecule has 0 aliphatic carbocycles. The number of hydrogen-bond donors (Lipinski definition) is 3. The van der Waals surface area contributed by atoms with Gasteiger partial charge in [-0.15, -0.1) is 0 Å². The molecule has 2 aromatic rings. The molecular weight excluding hydrogens is 379 g/mol. The van der Waals surface area contributed by atoms with Crippen molar-refractivity contribution in [3.8, 4) is 6.07 Å². The number of aromatic nitrogens is 1. The Morgan fingerprint density at radius 1 is 1.14 bits per heavy atom. The summed E-state index contributed by atoms with van der Waals surface area (Å²) in [6.07, 6.45) is 0.414. The number of nitriles is 1. The van der Waals surface area contributed by atoms with Gasteiger partial charge in [-0.2, -0.15) is 5.26 Å². The van der Waals surface area contributed by atoms with Crippen LogP contribution in [0.5, 0.6) is 0 Å². The van der Waals surface area contributed by atoms with Crippen LogP contribution in [0, 0.1) is 17.1 Å². The molecule has 1 aromatic heterocycles. The molecule has 0 atom stereocenters. The quantitative estimate of drug-likeness (QED) is 0.728. The average Bonchev–Trinajstić information content (AvgIpc) is 2.68. The molecule has 29 heavy (non-hydrogen) atoms. The summed E-state index contributed by atoms with van der Waals surface area (Å²) in [6, 6.07) is 8.60. The van der Waals surface area contributed by atoms with E-state index in [1.165, 1.54) is 29.3 Å². The lowest BCUT2D eigenvalue weighted by Crippen LogP contribution is -2.47. The topological polar surface area (TPSA) is 122 Å². The fraction of sp³-hybridized carbons (Fsp3) is 0.263. The van der Waals surface area contributed by atoms with Gasteiger partial charge in [-0.3, -0.25) is 4.90 Å². The average molecular weight is 398 g/mol. The molecule has 1 aliphatic heterocycles. The van der Waals surface area contributed by atoms with Gasteiger partial charge in [-0.05, 0) is 35.9 Å². The van der Waals surface area contributed by atoms with Gasteiger partial charge < -0.3 is 20.6 Å². The minimum atomic E-state index is -0.939. The molecule has 10 heteroatoms. The third kappa shape index (κ3) is 5.63. The minimum absolute atomic E-state index is 0.231. The first-order valence-electron chi connectivity index (χ1n) is 8.87. The summed E-state index contributed by atoms with van der Waals surface area (Å²) in [5.41, 5.74) is 1.59. The lowest BCUT2D eigenvalue weighted by atomic mass is 10.1. The van der Waals surface area contributed by atoms with Crippen LogP contribution < -0.4 is 10.6 Å². The van der Waals surface area contributed by atoms with Crippen LogP contribution in [0.1, 0.15) is 11.3 Å². The van der Waals surface area contributed by atoms with E-state index >= 15 is 0 Å². The number of halogens is 1. The Kier molecular flexibility index (Phi) is 6.21. The maximum absolute atomic E-state index is 14.0. The lowest BCUT2D eigenvalue weighted by Gasteiger charge is -2.33. The second-order valence-electron chi connectivity index (χ2n) is 6.52. The molecule has 0 radical (unpaired) electrons. The van der Waals surface area contributed by atoms with Crippen molar-refractivity contribution >= 4 is 23.5 Å². The molecule has 3 N–H and O–H groups in total. The van der Waals surface area contributed by atoms with Crippen molar-refractivity contribution in [2.24, 2.45) is 0 Å². The summed E-state index contributed by atoms with van der Waals surface area (Å²) >= 11 is 0. The molecule has 1 fully saturated rings. The number of anilines is 2. The molecule has 3 rings (SSSR count). The summed E-state index contributed by atoms with van der Waals surface area (Å²) in [4.78, 5) is 30.3. The van der Waals surface area contributed by atoms with Crippen LogP contribution in [0.15, 0.2) is 36.5 Å². The van der Waals surface area contributed by atoms with E-state index in [0.717, 1.165) is 0 Å². The molecule has 0 saturated carbocycles. The number of piperazine rings is 1. The maximum atomic E-state index is 14.0. The number of nitrogens with zero attached hydrogens (tertiary/aromatic N) is 4. The number of carbonyl (C=O) groups excluding carboxylic acids is 1. The number of benzene rings is 1. The third-order valence-electron chi connectivity index (χ3n) is 4.40. The normalized spacial score (nSPS) is 14.1. The highest BCUT2D eigenvalue weighted by atomic mass is 19.1. The van der Waals surface area contributed by atoms with Crippen molar-refractivity contribution < 1.29 is 19.1 Å². The summed E-state index contributed by atoms with van der Waals surface area (Å²) in [5, 5.41) is 22.9. The number of rotatable bonds is 4. The molecule has 3 amide bonds. The van der Waals surface area contributed by atoms with Gasteiger partial charge in [0.15, 0.2) is 0 Å². The second kappa shape index (κ2) is 8.99. The van der Waals surface area contributed by atoms with E-state index in [1.807, 2.05) is 11.0 Å². The number of hydrogen-bond acceptors (Lipinski definition) is 5. The number of pyridine rings is 1. The van der Waals surface area contributed by atoms with E-state index in [4.69, 9.17) is 10.4 Å². The minimum Gasteiger partial charge on any atom is -0.465 e. The van der Waals surface area contributed by atoms with E-state index in [2.05, 4.69) is 15.6 Å². The SMILES string of the molecule is N#Cc1ccc(NC(=O)Nc2cc(F)cc(CN3CCN(C(=O)O)CC3)c2)cn1. The van der Waals surface area contributed by atoms with Crippen molar-refractivity contribution in [1.82, 2.24) is 14.8 Å². The molecule has 1 aromatic carbocycles. The Balaban J connectivity index is 1.59. The number of urea groups is 1. The van der Waals surface area contributed by atoms with E-state index in [1.54, 1.807) is 12.1 Å². The number of carbonyl (C=O) groups is 2. The summed E-state index contributed by atoms with van der Waals surface area (Å²) in [6.45, 7) is 2.35. The second-order valence-corrected chi connectivity index (χ2v) is 6.52. The van der Waals surface area contributed by atoms with Gasteiger partial charge in [0.2, 0.25) is 0 Å². The predicted molar refractivity (Wildman–Crippen MR) is 103 cm³/mol. The fourth-order valence-electron chi connectivity index (χ4n) is 3.00. The first-order chi connectivity index (χ1) is 13.9. The Morgan fingerprint density at radius 2 is 1.86 bits per heavy atom. The van der Waals surface area contributed by atoms with Crippen molar-refractivity contribution in [1.29, 1.82) is 5.26 Å². The van der Waals surface area contributed by atoms with Crippen molar-refractivity contribution in [3.63, 3.8) is 0 Å². The first kappa shape index (κ1) is 20.0. The highest BCUT2D eigenvalue weighted by Crippen LogP contribution is 2.17. The lowest BCUT2D eigenvalue weighted by molar-refractivity contribution is 0.103. The Morgan fingerprint density at radius 3 is 2.48 bits per heavy atom. The number of amides is 3. The van der Waals surface area contributed by atoms with Gasteiger partial charge >= 0.3 is 12.1 Å². The maximum Gasteiger partial charge on any atom is 0.407 e. The van der Waals surface area contributed by atoms with Gasteiger partial charge in [-0.1, -0.05) is 0 Å². The Labute approximate surface area is 166 Å². The summed E-state index contributed by atoms with van der Waals surface area (Å²) in [7, 11) is 0. The van der Waals surface area contributed by atoms with E-state index in [9.17, 15) is 14.0 Å². The van der Waals surface area contributed by atoms with E-state index < -0.39 is 17.9 Å². The van der Waals surface area contributed by atoms with Crippen LogP contribution >= 0.6 is 0 Å². The highest BCUT2D eigenvalue weighted by molar-refractivity contribution is 5.99. The molecule has 150 valence electrons. The standard InChI is InChI=1S/C19H19FN6O3/c20-14-7-13(12-25-3-5-26(6-4-25)19(28)29)8-17(9-14)24-18(27)23-16-2-1-15(10-21)22-11-16/h1-2,7-9,11H,3-6,12H2,(H,28,29)(H2,23,24,27). The molecule has 0 bridgehead atoms. The molecule has 1 aliphatic rings. The van der Waals surface area contributed by atoms with Crippen LogP contribution in [-0.2, 0) is 6.54 Å². The van der Waals surface area contributed by atoms with Gasteiger partial charge in [0.05, 0.1) is 11.9 Å². The highest BCUT2D eigenvalue weighted by Gasteiger charge is 2.20. The summed E-state index contributed by atoms with van der Waals surface area (Å²) < 4.78 is 14.0. The largest absolute Gasteiger partial charge is 0.465 e. The Bertz CT molecular complexity index is 936. The predicted octanol–water partition coefficient (Wildman–Crippen LogP) is 2.53.